The third-order valence-electron chi connectivity index (χ3n) is 3.81. The molecule has 1 aliphatic rings. The molecule has 1 amide bonds. The van der Waals surface area contributed by atoms with Crippen molar-refractivity contribution in [1.29, 1.82) is 0 Å². The molecule has 0 radical (unpaired) electrons. The quantitative estimate of drug-likeness (QED) is 0.756. The molecule has 1 saturated carbocycles. The summed E-state index contributed by atoms with van der Waals surface area (Å²) in [6.07, 6.45) is 7.17. The molecule has 0 bridgehead atoms. The van der Waals surface area contributed by atoms with Crippen molar-refractivity contribution in [3.63, 3.8) is 0 Å². The number of aliphatic hydroxyl groups excluding tert-OH is 1. The predicted octanol–water partition coefficient (Wildman–Crippen LogP) is 2.23. The van der Waals surface area contributed by atoms with Gasteiger partial charge in [0.1, 0.15) is 0 Å². The summed E-state index contributed by atoms with van der Waals surface area (Å²) in [6.45, 7) is 4.27. The van der Waals surface area contributed by atoms with Gasteiger partial charge in [-0.15, -0.1) is 0 Å². The molecule has 0 aromatic heterocycles. The average molecular weight is 227 g/mol. The van der Waals surface area contributed by atoms with E-state index in [-0.39, 0.29) is 24.0 Å². The summed E-state index contributed by atoms with van der Waals surface area (Å²) in [6, 6.07) is 0.135. The molecule has 1 rings (SSSR count). The summed E-state index contributed by atoms with van der Waals surface area (Å²) in [5, 5.41) is 12.0. The topological polar surface area (TPSA) is 49.3 Å². The van der Waals surface area contributed by atoms with Gasteiger partial charge in [-0.25, -0.2) is 0 Å². The summed E-state index contributed by atoms with van der Waals surface area (Å²) in [5.41, 5.74) is -0.166. The molecule has 0 saturated heterocycles. The molecular formula is C13H25NO2. The maximum atomic E-state index is 12.2. The Morgan fingerprint density at radius 1 is 1.38 bits per heavy atom. The van der Waals surface area contributed by atoms with E-state index in [1.807, 2.05) is 6.92 Å². The van der Waals surface area contributed by atoms with Crippen LogP contribution in [0.1, 0.15) is 58.8 Å². The van der Waals surface area contributed by atoms with Crippen LogP contribution >= 0.6 is 0 Å². The number of carbonyl (C=O) groups is 1. The highest BCUT2D eigenvalue weighted by atomic mass is 16.3. The van der Waals surface area contributed by atoms with Crippen LogP contribution < -0.4 is 5.32 Å². The first-order chi connectivity index (χ1) is 7.62. The summed E-state index contributed by atoms with van der Waals surface area (Å²) in [5.74, 6) is 0.188. The first kappa shape index (κ1) is 13.5. The zero-order valence-corrected chi connectivity index (χ0v) is 10.6. The molecule has 0 aliphatic heterocycles. The highest BCUT2D eigenvalue weighted by Crippen LogP contribution is 2.35. The van der Waals surface area contributed by atoms with Crippen molar-refractivity contribution in [1.82, 2.24) is 5.32 Å². The van der Waals surface area contributed by atoms with Gasteiger partial charge >= 0.3 is 0 Å². The van der Waals surface area contributed by atoms with Gasteiger partial charge in [0, 0.05) is 18.1 Å². The predicted molar refractivity (Wildman–Crippen MR) is 65.1 cm³/mol. The second-order valence-corrected chi connectivity index (χ2v) is 5.21. The van der Waals surface area contributed by atoms with Crippen molar-refractivity contribution < 1.29 is 9.90 Å². The minimum atomic E-state index is -0.166. The van der Waals surface area contributed by atoms with Crippen LogP contribution in [0.2, 0.25) is 0 Å². The minimum Gasteiger partial charge on any atom is -0.396 e. The Morgan fingerprint density at radius 3 is 2.50 bits per heavy atom. The second kappa shape index (κ2) is 6.24. The van der Waals surface area contributed by atoms with Gasteiger partial charge in [0.25, 0.3) is 0 Å². The summed E-state index contributed by atoms with van der Waals surface area (Å²) < 4.78 is 0. The SMILES string of the molecule is CCC(CCO)NC(=O)C1(C)CCCCC1. The fraction of sp³-hybridized carbons (Fsp3) is 0.923. The van der Waals surface area contributed by atoms with Gasteiger partial charge in [-0.05, 0) is 25.7 Å². The summed E-state index contributed by atoms with van der Waals surface area (Å²) in [4.78, 5) is 12.2. The molecule has 3 heteroatoms. The van der Waals surface area contributed by atoms with Crippen molar-refractivity contribution in [2.24, 2.45) is 5.41 Å². The highest BCUT2D eigenvalue weighted by molar-refractivity contribution is 5.82. The summed E-state index contributed by atoms with van der Waals surface area (Å²) >= 11 is 0. The molecule has 94 valence electrons. The average Bonchev–Trinajstić information content (AvgIpc) is 2.29. The van der Waals surface area contributed by atoms with Crippen molar-refractivity contribution in [3.05, 3.63) is 0 Å². The van der Waals surface area contributed by atoms with Gasteiger partial charge in [-0.1, -0.05) is 33.1 Å². The number of nitrogens with one attached hydrogen (secondary N) is 1. The van der Waals surface area contributed by atoms with Crippen LogP contribution in [0.3, 0.4) is 0 Å². The molecule has 3 nitrogen and oxygen atoms in total. The van der Waals surface area contributed by atoms with E-state index in [4.69, 9.17) is 5.11 Å². The van der Waals surface area contributed by atoms with Crippen LogP contribution in [-0.2, 0) is 4.79 Å². The first-order valence-electron chi connectivity index (χ1n) is 6.54. The van der Waals surface area contributed by atoms with E-state index < -0.39 is 0 Å². The van der Waals surface area contributed by atoms with Crippen LogP contribution in [0.25, 0.3) is 0 Å². The lowest BCUT2D eigenvalue weighted by atomic mass is 9.75. The zero-order valence-electron chi connectivity index (χ0n) is 10.6. The molecule has 0 aromatic rings. The molecule has 2 N–H and O–H groups in total. The largest absolute Gasteiger partial charge is 0.396 e. The van der Waals surface area contributed by atoms with Crippen molar-refractivity contribution in [2.75, 3.05) is 6.61 Å². The molecule has 16 heavy (non-hydrogen) atoms. The molecule has 1 aliphatic carbocycles. The Hall–Kier alpha value is -0.570. The number of hydrogen-bond donors (Lipinski definition) is 2. The Kier molecular flexibility index (Phi) is 5.26. The van der Waals surface area contributed by atoms with Gasteiger partial charge in [-0.3, -0.25) is 4.79 Å². The molecular weight excluding hydrogens is 202 g/mol. The van der Waals surface area contributed by atoms with Crippen LogP contribution in [0.15, 0.2) is 0 Å². The zero-order chi connectivity index (χ0) is 12.0. The molecule has 1 atom stereocenters. The molecule has 0 heterocycles. The van der Waals surface area contributed by atoms with Gasteiger partial charge < -0.3 is 10.4 Å². The fourth-order valence-corrected chi connectivity index (χ4v) is 2.45. The van der Waals surface area contributed by atoms with Crippen LogP contribution in [0.5, 0.6) is 0 Å². The monoisotopic (exact) mass is 227 g/mol. The van der Waals surface area contributed by atoms with E-state index >= 15 is 0 Å². The van der Waals surface area contributed by atoms with Crippen LogP contribution in [-0.4, -0.2) is 23.7 Å². The van der Waals surface area contributed by atoms with E-state index in [0.717, 1.165) is 19.3 Å². The van der Waals surface area contributed by atoms with Gasteiger partial charge in [0.2, 0.25) is 5.91 Å². The molecule has 0 aromatic carbocycles. The van der Waals surface area contributed by atoms with E-state index in [0.29, 0.717) is 6.42 Å². The number of amides is 1. The van der Waals surface area contributed by atoms with E-state index in [2.05, 4.69) is 12.2 Å². The smallest absolute Gasteiger partial charge is 0.226 e. The Morgan fingerprint density at radius 2 is 2.00 bits per heavy atom. The number of aliphatic hydroxyl groups is 1. The first-order valence-corrected chi connectivity index (χ1v) is 6.54. The molecule has 0 spiro atoms. The van der Waals surface area contributed by atoms with E-state index in [1.54, 1.807) is 0 Å². The number of hydrogen-bond acceptors (Lipinski definition) is 2. The van der Waals surface area contributed by atoms with Gasteiger partial charge in [-0.2, -0.15) is 0 Å². The van der Waals surface area contributed by atoms with E-state index in [1.165, 1.54) is 19.3 Å². The molecule has 1 fully saturated rings. The van der Waals surface area contributed by atoms with Crippen molar-refractivity contribution in [2.45, 2.75) is 64.8 Å². The van der Waals surface area contributed by atoms with Crippen LogP contribution in [0, 0.1) is 5.41 Å². The van der Waals surface area contributed by atoms with E-state index in [9.17, 15) is 4.79 Å². The Labute approximate surface area is 98.6 Å². The Balaban J connectivity index is 2.48. The third-order valence-corrected chi connectivity index (χ3v) is 3.81. The van der Waals surface area contributed by atoms with Gasteiger partial charge in [0.05, 0.1) is 0 Å². The minimum absolute atomic E-state index is 0.135. The maximum absolute atomic E-state index is 12.2. The second-order valence-electron chi connectivity index (χ2n) is 5.21. The highest BCUT2D eigenvalue weighted by Gasteiger charge is 2.35. The van der Waals surface area contributed by atoms with Crippen LogP contribution in [0.4, 0.5) is 0 Å². The standard InChI is InChI=1S/C13H25NO2/c1-3-11(7-10-15)14-12(16)13(2)8-5-4-6-9-13/h11,15H,3-10H2,1-2H3,(H,14,16). The fourth-order valence-electron chi connectivity index (χ4n) is 2.45. The Bertz CT molecular complexity index is 222. The number of carbonyl (C=O) groups excluding carboxylic acids is 1. The lowest BCUT2D eigenvalue weighted by molar-refractivity contribution is -0.132. The molecule has 1 unspecified atom stereocenters. The van der Waals surface area contributed by atoms with Crippen molar-refractivity contribution in [3.8, 4) is 0 Å². The lowest BCUT2D eigenvalue weighted by Gasteiger charge is -2.33. The maximum Gasteiger partial charge on any atom is 0.226 e. The summed E-state index contributed by atoms with van der Waals surface area (Å²) in [7, 11) is 0. The van der Waals surface area contributed by atoms with Gasteiger partial charge in [0.15, 0.2) is 0 Å². The number of rotatable bonds is 5. The third kappa shape index (κ3) is 3.48. The lowest BCUT2D eigenvalue weighted by Crippen LogP contribution is -2.45. The van der Waals surface area contributed by atoms with Crippen molar-refractivity contribution >= 4 is 5.91 Å². The normalized spacial score (nSPS) is 21.4.